The van der Waals surface area contributed by atoms with E-state index in [-0.39, 0.29) is 18.9 Å². The number of unbranched alkanes of at least 4 members (excludes halogenated alkanes) is 33. The molecule has 0 spiro atoms. The number of aliphatic carboxylic acids is 1. The summed E-state index contributed by atoms with van der Waals surface area (Å²) in [5, 5.41) is 136. The van der Waals surface area contributed by atoms with Crippen molar-refractivity contribution in [1.29, 1.82) is 0 Å². The number of amides is 2. The van der Waals surface area contributed by atoms with Gasteiger partial charge < -0.3 is 100 Å². The highest BCUT2D eigenvalue weighted by molar-refractivity contribution is 5.77. The van der Waals surface area contributed by atoms with E-state index in [1.807, 2.05) is 0 Å². The summed E-state index contributed by atoms with van der Waals surface area (Å²) in [6, 6.07) is -2.53. The lowest BCUT2D eigenvalue weighted by molar-refractivity contribution is -0.386. The maximum atomic E-state index is 13.5. The maximum Gasteiger partial charge on any atom is 0.364 e. The van der Waals surface area contributed by atoms with E-state index < -0.39 is 148 Å². The number of aliphatic hydroxyl groups is 11. The molecule has 0 radical (unpaired) electrons. The van der Waals surface area contributed by atoms with E-state index in [1.54, 1.807) is 0 Å². The highest BCUT2D eigenvalue weighted by atomic mass is 16.8. The number of rotatable bonds is 55. The Bertz CT molecular complexity index is 1910. The molecule has 3 aliphatic rings. The number of carboxylic acids is 1. The first-order valence-corrected chi connectivity index (χ1v) is 36.0. The third-order valence-corrected chi connectivity index (χ3v) is 18.5. The molecule has 23 nitrogen and oxygen atoms in total. The summed E-state index contributed by atoms with van der Waals surface area (Å²) in [6.45, 7) is 2.21. The molecule has 2 amide bonds. The molecule has 0 bridgehead atoms. The second-order valence-corrected chi connectivity index (χ2v) is 26.5. The van der Waals surface area contributed by atoms with Crippen molar-refractivity contribution in [3.05, 3.63) is 12.2 Å². The van der Waals surface area contributed by atoms with Crippen LogP contribution in [-0.4, -0.2) is 215 Å². The van der Waals surface area contributed by atoms with Crippen LogP contribution in [0.2, 0.25) is 0 Å². The fourth-order valence-electron chi connectivity index (χ4n) is 12.7. The molecule has 23 heteroatoms. The largest absolute Gasteiger partial charge is 0.477 e. The first-order chi connectivity index (χ1) is 44.4. The monoisotopic (exact) mass is 1320 g/mol. The van der Waals surface area contributed by atoms with Gasteiger partial charge in [0.2, 0.25) is 11.8 Å². The molecule has 0 aromatic heterocycles. The topological polar surface area (TPSA) is 373 Å². The predicted octanol–water partition coefficient (Wildman–Crippen LogP) is 7.07. The number of carboxylic acid groups (broad SMARTS) is 1. The summed E-state index contributed by atoms with van der Waals surface area (Å²) < 4.78 is 34.9. The van der Waals surface area contributed by atoms with E-state index in [0.29, 0.717) is 19.3 Å². The molecular formula is C69H128N2O21. The minimum absolute atomic E-state index is 0.220. The smallest absolute Gasteiger partial charge is 0.364 e. The second kappa shape index (κ2) is 49.9. The number of ether oxygens (including phenoxy) is 6. The first kappa shape index (κ1) is 83.7. The van der Waals surface area contributed by atoms with Gasteiger partial charge in [-0.05, 0) is 38.5 Å². The third kappa shape index (κ3) is 31.8. The van der Waals surface area contributed by atoms with Crippen LogP contribution in [0.3, 0.4) is 0 Å². The molecule has 18 atom stereocenters. The molecule has 18 unspecified atom stereocenters. The zero-order valence-corrected chi connectivity index (χ0v) is 56.4. The van der Waals surface area contributed by atoms with Crippen LogP contribution in [-0.2, 0) is 42.8 Å². The van der Waals surface area contributed by atoms with Gasteiger partial charge in [-0.25, -0.2) is 4.79 Å². The van der Waals surface area contributed by atoms with Gasteiger partial charge >= 0.3 is 5.97 Å². The molecule has 0 aromatic carbocycles. The number of hydrogen-bond acceptors (Lipinski definition) is 20. The number of allylic oxidation sites excluding steroid dienone is 2. The Hall–Kier alpha value is -2.53. The molecule has 3 rings (SSSR count). The maximum absolute atomic E-state index is 13.5. The van der Waals surface area contributed by atoms with E-state index >= 15 is 0 Å². The van der Waals surface area contributed by atoms with Crippen LogP contribution in [0, 0.1) is 0 Å². The normalized spacial score (nSPS) is 28.3. The van der Waals surface area contributed by atoms with Crippen molar-refractivity contribution in [3.8, 4) is 0 Å². The Balaban J connectivity index is 1.57. The molecule has 3 saturated heterocycles. The average molecular weight is 1320 g/mol. The summed E-state index contributed by atoms with van der Waals surface area (Å²) in [7, 11) is 0. The fraction of sp³-hybridized carbons (Fsp3) is 0.928. The molecule has 3 heterocycles. The molecule has 0 aromatic rings. The minimum Gasteiger partial charge on any atom is -0.477 e. The van der Waals surface area contributed by atoms with E-state index in [1.165, 1.54) is 141 Å². The number of carbonyl (C=O) groups is 3. The number of aliphatic hydroxyl groups excluding tert-OH is 11. The summed E-state index contributed by atoms with van der Waals surface area (Å²) >= 11 is 0. The molecular weight excluding hydrogens is 1190 g/mol. The van der Waals surface area contributed by atoms with Gasteiger partial charge in [0.25, 0.3) is 5.79 Å². The number of hydrogen-bond donors (Lipinski definition) is 14. The molecule has 540 valence electrons. The Morgan fingerprint density at radius 1 is 0.554 bits per heavy atom. The highest BCUT2D eigenvalue weighted by Gasteiger charge is 2.60. The first-order valence-electron chi connectivity index (χ1n) is 36.0. The van der Waals surface area contributed by atoms with Crippen molar-refractivity contribution in [3.63, 3.8) is 0 Å². The lowest BCUT2D eigenvalue weighted by Gasteiger charge is -2.50. The minimum atomic E-state index is -3.08. The van der Waals surface area contributed by atoms with Crippen LogP contribution in [0.4, 0.5) is 0 Å². The average Bonchev–Trinajstić information content (AvgIpc) is 0.767. The SMILES string of the molecule is CCCCCC/C=C\CCCCCCCCCC(=O)NC(COC1OC(CO)C(OC2OC(CO)C(O)C(OC3(C(=O)O)CC(O)C(NC(C)=O)C(C(O)C(O)CO)O3)C2O)C(O)C1O)C(O)CCCCCCCCCCCCCCCCCCCCCCCCC. The van der Waals surface area contributed by atoms with Gasteiger partial charge in [0, 0.05) is 19.8 Å². The third-order valence-electron chi connectivity index (χ3n) is 18.5. The standard InChI is InChI=1S/C69H128N2O21/c1-4-6-8-10-12-14-16-18-20-21-22-23-24-25-26-27-29-30-32-34-36-38-40-42-51(76)50(71-56(79)43-41-39-37-35-33-31-28-19-17-15-13-11-9-7-5-2)48-87-66-61(83)60(82)63(55(47-74)89-66)90-67-62(84)65(59(81)54(46-73)88-67)92-69(68(85)86)44-52(77)57(70-49(3)75)64(91-69)58(80)53(78)45-72/h15,17,50-55,57-67,72-74,76-78,80-84H,4-14,16,18-48H2,1-3H3,(H,70,75)(H,71,79)(H,85,86)/b17-15-. The van der Waals surface area contributed by atoms with E-state index in [4.69, 9.17) is 28.4 Å². The van der Waals surface area contributed by atoms with Crippen molar-refractivity contribution in [2.75, 3.05) is 26.4 Å². The summed E-state index contributed by atoms with van der Waals surface area (Å²) in [5.74, 6) is -6.10. The van der Waals surface area contributed by atoms with Gasteiger partial charge in [-0.15, -0.1) is 0 Å². The van der Waals surface area contributed by atoms with Crippen molar-refractivity contribution < 1.29 is 104 Å². The molecule has 0 aliphatic carbocycles. The van der Waals surface area contributed by atoms with Crippen LogP contribution >= 0.6 is 0 Å². The van der Waals surface area contributed by atoms with Gasteiger partial charge in [-0.2, -0.15) is 0 Å². The van der Waals surface area contributed by atoms with Crippen molar-refractivity contribution in [1.82, 2.24) is 10.6 Å². The zero-order valence-electron chi connectivity index (χ0n) is 56.4. The molecule has 0 saturated carbocycles. The fourth-order valence-corrected chi connectivity index (χ4v) is 12.7. The zero-order chi connectivity index (χ0) is 67.5. The number of carbonyl (C=O) groups excluding carboxylic acids is 2. The molecule has 3 fully saturated rings. The van der Waals surface area contributed by atoms with Crippen molar-refractivity contribution in [2.45, 2.75) is 381 Å². The Morgan fingerprint density at radius 2 is 1.01 bits per heavy atom. The molecule has 92 heavy (non-hydrogen) atoms. The summed E-state index contributed by atoms with van der Waals surface area (Å²) in [4.78, 5) is 38.6. The van der Waals surface area contributed by atoms with Crippen LogP contribution in [0.15, 0.2) is 12.2 Å². The van der Waals surface area contributed by atoms with Gasteiger partial charge in [0.15, 0.2) is 12.6 Å². The van der Waals surface area contributed by atoms with Crippen LogP contribution < -0.4 is 10.6 Å². The number of nitrogens with one attached hydrogen (secondary N) is 2. The Morgan fingerprint density at radius 3 is 1.48 bits per heavy atom. The van der Waals surface area contributed by atoms with Crippen LogP contribution in [0.1, 0.15) is 271 Å². The lowest BCUT2D eigenvalue weighted by Crippen LogP contribution is -2.70. The predicted molar refractivity (Wildman–Crippen MR) is 348 cm³/mol. The van der Waals surface area contributed by atoms with E-state index in [9.17, 15) is 75.7 Å². The van der Waals surface area contributed by atoms with Crippen molar-refractivity contribution >= 4 is 17.8 Å². The molecule has 3 aliphatic heterocycles. The Kier molecular flexibility index (Phi) is 45.4. The van der Waals surface area contributed by atoms with Gasteiger partial charge in [0.05, 0.1) is 50.7 Å². The van der Waals surface area contributed by atoms with Crippen LogP contribution in [0.5, 0.6) is 0 Å². The summed E-state index contributed by atoms with van der Waals surface area (Å²) in [5.41, 5.74) is 0. The Labute approximate surface area is 550 Å². The highest BCUT2D eigenvalue weighted by Crippen LogP contribution is 2.39. The van der Waals surface area contributed by atoms with Gasteiger partial charge in [-0.3, -0.25) is 9.59 Å². The van der Waals surface area contributed by atoms with Crippen LogP contribution in [0.25, 0.3) is 0 Å². The van der Waals surface area contributed by atoms with Gasteiger partial charge in [-0.1, -0.05) is 225 Å². The van der Waals surface area contributed by atoms with E-state index in [0.717, 1.165) is 84.0 Å². The summed E-state index contributed by atoms with van der Waals surface area (Å²) in [6.07, 6.45) is 19.2. The van der Waals surface area contributed by atoms with Crippen molar-refractivity contribution in [2.24, 2.45) is 0 Å². The lowest BCUT2D eigenvalue weighted by atomic mass is 9.88. The van der Waals surface area contributed by atoms with E-state index in [2.05, 4.69) is 36.6 Å². The molecule has 14 N–H and O–H groups in total. The van der Waals surface area contributed by atoms with Gasteiger partial charge in [0.1, 0.15) is 67.1 Å². The second-order valence-electron chi connectivity index (χ2n) is 26.5. The quantitative estimate of drug-likeness (QED) is 0.0214.